The topological polar surface area (TPSA) is 186 Å². The van der Waals surface area contributed by atoms with Crippen molar-refractivity contribution >= 4 is 57.7 Å². The average molecular weight is 1650 g/mol. The van der Waals surface area contributed by atoms with Crippen LogP contribution >= 0.6 is 0 Å². The molecule has 630 valence electrons. The number of carboxylic acids is 5. The van der Waals surface area contributed by atoms with Crippen LogP contribution in [-0.4, -0.2) is 61.6 Å². The highest BCUT2D eigenvalue weighted by molar-refractivity contribution is 5.87. The predicted octanol–water partition coefficient (Wildman–Crippen LogP) is 27.3. The molecule has 10 nitrogen and oxygen atoms in total. The summed E-state index contributed by atoms with van der Waals surface area (Å²) in [5, 5.41) is 42.9. The Morgan fingerprint density at radius 1 is 0.292 bits per heavy atom. The molecule has 0 atom stereocenters. The van der Waals surface area contributed by atoms with Crippen molar-refractivity contribution < 1.29 is 93.4 Å². The van der Waals surface area contributed by atoms with Crippen LogP contribution in [0.1, 0.15) is 182 Å². The van der Waals surface area contributed by atoms with E-state index in [1.807, 2.05) is 79.8 Å². The van der Waals surface area contributed by atoms with Gasteiger partial charge >= 0.3 is 36.0 Å². The Morgan fingerprint density at radius 2 is 0.542 bits per heavy atom. The first-order valence-electron chi connectivity index (χ1n) is 39.1. The lowest BCUT2D eigenvalue weighted by Gasteiger charge is -2.20. The Hall–Kier alpha value is -12.5. The fourth-order valence-electron chi connectivity index (χ4n) is 13.6. The molecule has 120 heavy (non-hydrogen) atoms. The molecule has 5 N–H and O–H groups in total. The summed E-state index contributed by atoms with van der Waals surface area (Å²) in [4.78, 5) is 52.6. The Morgan fingerprint density at radius 3 is 0.817 bits per heavy atom. The number of rotatable bonds is 20. The lowest BCUT2D eigenvalue weighted by Crippen LogP contribution is -2.13. The van der Waals surface area contributed by atoms with Crippen molar-refractivity contribution in [2.75, 3.05) is 0 Å². The van der Waals surface area contributed by atoms with Crippen LogP contribution in [-0.2, 0) is 56.1 Å². The van der Waals surface area contributed by atoms with E-state index in [1.54, 1.807) is 58.9 Å². The van der Waals surface area contributed by atoms with Crippen molar-refractivity contribution in [1.29, 1.82) is 0 Å². The van der Waals surface area contributed by atoms with Gasteiger partial charge in [-0.3, -0.25) is 0 Å². The molecule has 0 saturated heterocycles. The third kappa shape index (κ3) is 31.1. The van der Waals surface area contributed by atoms with Crippen LogP contribution in [0.4, 0.5) is 43.9 Å². The lowest BCUT2D eigenvalue weighted by atomic mass is 9.86. The van der Waals surface area contributed by atoms with E-state index < -0.39 is 76.3 Å². The molecule has 5 aromatic rings. The van der Waals surface area contributed by atoms with Gasteiger partial charge in [0.2, 0.25) is 17.5 Å². The molecule has 0 spiro atoms. The van der Waals surface area contributed by atoms with Crippen molar-refractivity contribution in [1.82, 2.24) is 0 Å². The maximum absolute atomic E-state index is 14.3. The molecule has 0 bridgehead atoms. The Labute approximate surface area is 695 Å². The number of allylic oxidation sites excluding steroid dienone is 35. The van der Waals surface area contributed by atoms with E-state index in [4.69, 9.17) is 25.5 Å². The molecule has 0 amide bonds. The van der Waals surface area contributed by atoms with Gasteiger partial charge in [-0.15, -0.1) is 0 Å². The summed E-state index contributed by atoms with van der Waals surface area (Å²) >= 11 is 0. The van der Waals surface area contributed by atoms with Crippen LogP contribution in [0.2, 0.25) is 0 Å². The van der Waals surface area contributed by atoms with Crippen molar-refractivity contribution in [3.8, 4) is 0 Å². The summed E-state index contributed by atoms with van der Waals surface area (Å²) in [6.07, 6.45) is 33.8. The zero-order chi connectivity index (χ0) is 88.3. The molecule has 0 fully saturated rings. The second-order valence-corrected chi connectivity index (χ2v) is 29.2. The molecule has 5 aliphatic carbocycles. The summed E-state index contributed by atoms with van der Waals surface area (Å²) in [6, 6.07) is 40.0. The second kappa shape index (κ2) is 47.8. The third-order valence-corrected chi connectivity index (χ3v) is 19.8. The molecule has 0 unspecified atom stereocenters. The SMILES string of the molecule is CC(/C=C/C(F)=C(C)\C=C1/CCCc2ccccc21)=C(/F)C(=O)O.CC(/C=C/C(F)=C(C)\C=C1/CCCc2ccccc21)=C\C(=O)O.CC(/C=C/C(F)=C(C)\C=C1/CCCc2ccccc21)=C\C(=O)O.CC(/C=C/C(F)=C(\C=C1/CCCc2ccccc21)C(F)(F)F)=C(/F)C(=O)O.CC(=C/C=C/C(C)=C(\F)C(=O)O)/C=C1\CCCc2ccccc21. The predicted molar refractivity (Wildman–Crippen MR) is 459 cm³/mol. The van der Waals surface area contributed by atoms with Crippen LogP contribution < -0.4 is 0 Å². The monoisotopic (exact) mass is 1650 g/mol. The number of aryl methyl sites for hydroxylation is 5. The number of benzene rings is 5. The number of aliphatic carboxylic acids is 5. The second-order valence-electron chi connectivity index (χ2n) is 29.2. The summed E-state index contributed by atoms with van der Waals surface area (Å²) in [6.45, 7) is 14.1. The molecule has 0 heterocycles. The fourth-order valence-corrected chi connectivity index (χ4v) is 13.6. The van der Waals surface area contributed by atoms with Gasteiger partial charge in [0, 0.05) is 12.2 Å². The quantitative estimate of drug-likeness (QED) is 0.0285. The number of fused-ring (bicyclic) bond motifs is 5. The van der Waals surface area contributed by atoms with Crippen LogP contribution in [0.5, 0.6) is 0 Å². The van der Waals surface area contributed by atoms with E-state index in [2.05, 4.69) is 60.7 Å². The van der Waals surface area contributed by atoms with E-state index in [9.17, 15) is 67.9 Å². The van der Waals surface area contributed by atoms with E-state index in [-0.39, 0.29) is 22.8 Å². The van der Waals surface area contributed by atoms with Crippen molar-refractivity contribution in [3.63, 3.8) is 0 Å². The molecule has 5 aliphatic rings. The van der Waals surface area contributed by atoms with Gasteiger partial charge in [-0.1, -0.05) is 194 Å². The van der Waals surface area contributed by atoms with Gasteiger partial charge in [-0.25, -0.2) is 41.5 Å². The Kier molecular flexibility index (Phi) is 38.4. The summed E-state index contributed by atoms with van der Waals surface area (Å²) in [7, 11) is 0. The van der Waals surface area contributed by atoms with E-state index in [1.165, 1.54) is 88.7 Å². The van der Waals surface area contributed by atoms with E-state index in [0.29, 0.717) is 64.0 Å². The first-order chi connectivity index (χ1) is 56.9. The standard InChI is InChI=1S/C20H17F5O2.C20H20F2O2.3C20H21FO2/c1-12(18(22)19(26)27)9-10-17(21)16(20(23,24)25)11-14-7-4-6-13-5-2-3-8-15(13)14;1-13(19(22)20(23)24)10-11-18(21)14(2)12-16-8-5-7-15-6-3-4-9-17(15)16;1-14(7-5-8-15(2)19(21)20(22)23)13-17-11-6-10-16-9-3-4-12-18(16)17;2*1-14(12-20(22)23)10-11-19(21)15(2)13-17-8-5-7-16-6-3-4-9-18(16)17/h2-3,5,8-11H,4,6-7H2,1H3,(H,26,27);3-4,6,9-12H,5,7-8H2,1-2H3,(H,23,24);3-5,7-9,12-13H,6,10-11H2,1-2H3,(H,22,23);2*3-4,6,9-13H,5,7-8H2,1-2H3,(H,22,23)/b10-9+,14-11+,17-16-,18-12-;11-10+,16-12+,18-14+,19-13-;8-5+,14-7-,17-13+,19-15-;2*11-10+,14-12+,17-13+,19-15+. The van der Waals surface area contributed by atoms with E-state index >= 15 is 0 Å². The van der Waals surface area contributed by atoms with Crippen LogP contribution in [0.3, 0.4) is 0 Å². The molecule has 0 saturated carbocycles. The Balaban J connectivity index is 0.000000233. The number of halogens is 10. The van der Waals surface area contributed by atoms with Crippen LogP contribution in [0, 0.1) is 0 Å². The summed E-state index contributed by atoms with van der Waals surface area (Å²) < 4.78 is 136. The molecular weight excluding hydrogens is 1550 g/mol. The van der Waals surface area contributed by atoms with Crippen molar-refractivity contribution in [2.45, 2.75) is 165 Å². The highest BCUT2D eigenvalue weighted by Gasteiger charge is 2.36. The molecule has 0 radical (unpaired) electrons. The number of hydrogen-bond acceptors (Lipinski definition) is 5. The van der Waals surface area contributed by atoms with Gasteiger partial charge in [0.25, 0.3) is 0 Å². The molecule has 5 aromatic carbocycles. The number of carboxylic acid groups (broad SMARTS) is 5. The average Bonchev–Trinajstić information content (AvgIpc) is 0.785. The van der Waals surface area contributed by atoms with Gasteiger partial charge in [-0.05, 0) is 317 Å². The largest absolute Gasteiger partial charge is 0.478 e. The minimum atomic E-state index is -4.96. The van der Waals surface area contributed by atoms with Crippen LogP contribution in [0.25, 0.3) is 27.9 Å². The van der Waals surface area contributed by atoms with Crippen LogP contribution in [0.15, 0.2) is 327 Å². The third-order valence-electron chi connectivity index (χ3n) is 19.8. The fraction of sp³-hybridized carbons (Fsp3) is 0.250. The van der Waals surface area contributed by atoms with Gasteiger partial charge in [0.05, 0.1) is 5.57 Å². The highest BCUT2D eigenvalue weighted by Crippen LogP contribution is 2.40. The minimum Gasteiger partial charge on any atom is -0.478 e. The summed E-state index contributed by atoms with van der Waals surface area (Å²) in [5.41, 5.74) is 18.4. The molecular formula is C100H100F10O10. The van der Waals surface area contributed by atoms with Crippen molar-refractivity contribution in [3.05, 3.63) is 383 Å². The number of carbonyl (C=O) groups is 5. The van der Waals surface area contributed by atoms with Gasteiger partial charge in [0.15, 0.2) is 0 Å². The zero-order valence-electron chi connectivity index (χ0n) is 68.6. The maximum Gasteiger partial charge on any atom is 0.419 e. The molecule has 0 aromatic heterocycles. The first-order valence-corrected chi connectivity index (χ1v) is 39.1. The number of alkyl halides is 3. The normalized spacial score (nSPS) is 18.1. The smallest absolute Gasteiger partial charge is 0.419 e. The Bertz CT molecular complexity index is 5180. The number of hydrogen-bond donors (Lipinski definition) is 5. The van der Waals surface area contributed by atoms with Gasteiger partial charge in [-0.2, -0.15) is 26.3 Å². The first kappa shape index (κ1) is 96.4. The molecule has 0 aliphatic heterocycles. The minimum absolute atomic E-state index is 0.109. The summed E-state index contributed by atoms with van der Waals surface area (Å²) in [5.74, 6) is -13.9. The van der Waals surface area contributed by atoms with E-state index in [0.717, 1.165) is 154 Å². The van der Waals surface area contributed by atoms with Gasteiger partial charge in [0.1, 0.15) is 23.3 Å². The highest BCUT2D eigenvalue weighted by atomic mass is 19.4. The zero-order valence-corrected chi connectivity index (χ0v) is 68.6. The molecule has 10 rings (SSSR count). The molecule has 20 heteroatoms. The van der Waals surface area contributed by atoms with Crippen molar-refractivity contribution in [2.24, 2.45) is 0 Å². The maximum atomic E-state index is 14.3. The van der Waals surface area contributed by atoms with Gasteiger partial charge < -0.3 is 25.5 Å². The lowest BCUT2D eigenvalue weighted by molar-refractivity contribution is -0.135.